The quantitative estimate of drug-likeness (QED) is 0.551. The summed E-state index contributed by atoms with van der Waals surface area (Å²) >= 11 is 9.41. The lowest BCUT2D eigenvalue weighted by molar-refractivity contribution is 0.774. The molecule has 5 nitrogen and oxygen atoms in total. The van der Waals surface area contributed by atoms with Crippen LogP contribution in [-0.4, -0.2) is 9.97 Å². The highest BCUT2D eigenvalue weighted by Crippen LogP contribution is 2.29. The van der Waals surface area contributed by atoms with Gasteiger partial charge in [0, 0.05) is 21.6 Å². The molecule has 0 unspecified atom stereocenters. The third kappa shape index (κ3) is 3.64. The molecule has 0 saturated heterocycles. The van der Waals surface area contributed by atoms with Gasteiger partial charge in [-0.05, 0) is 41.1 Å². The Bertz CT molecular complexity index is 660. The molecule has 0 aliphatic carbocycles. The Hall–Kier alpha value is -1.37. The molecule has 1 heterocycles. The summed E-state index contributed by atoms with van der Waals surface area (Å²) in [6.45, 7) is 5.98. The van der Waals surface area contributed by atoms with Crippen LogP contribution in [0.25, 0.3) is 0 Å². The predicted octanol–water partition coefficient (Wildman–Crippen LogP) is 4.35. The van der Waals surface area contributed by atoms with E-state index in [0.717, 1.165) is 27.4 Å². The molecular formula is C14H17BrClN5. The van der Waals surface area contributed by atoms with Gasteiger partial charge in [0.2, 0.25) is 0 Å². The number of rotatable bonds is 4. The molecule has 0 bridgehead atoms. The third-order valence-corrected chi connectivity index (χ3v) is 4.21. The first-order valence-corrected chi connectivity index (χ1v) is 7.66. The number of aromatic nitrogens is 2. The van der Waals surface area contributed by atoms with E-state index >= 15 is 0 Å². The summed E-state index contributed by atoms with van der Waals surface area (Å²) in [7, 11) is 0. The second kappa shape index (κ2) is 6.60. The number of nitrogens with two attached hydrogens (primary N) is 1. The molecule has 2 aromatic rings. The fourth-order valence-corrected chi connectivity index (χ4v) is 2.26. The van der Waals surface area contributed by atoms with Gasteiger partial charge in [-0.25, -0.2) is 15.8 Å². The van der Waals surface area contributed by atoms with E-state index in [-0.39, 0.29) is 5.92 Å². The molecule has 0 atom stereocenters. The van der Waals surface area contributed by atoms with Gasteiger partial charge in [-0.1, -0.05) is 25.4 Å². The van der Waals surface area contributed by atoms with Crippen LogP contribution < -0.4 is 16.6 Å². The van der Waals surface area contributed by atoms with Crippen molar-refractivity contribution in [3.05, 3.63) is 39.1 Å². The Morgan fingerprint density at radius 1 is 1.24 bits per heavy atom. The van der Waals surface area contributed by atoms with Crippen molar-refractivity contribution in [1.29, 1.82) is 0 Å². The molecule has 0 saturated carbocycles. The number of hydrazine groups is 1. The first-order chi connectivity index (χ1) is 9.92. The second-order valence-electron chi connectivity index (χ2n) is 4.96. The number of nitrogens with one attached hydrogen (secondary N) is 2. The average Bonchev–Trinajstić information content (AvgIpc) is 2.44. The van der Waals surface area contributed by atoms with Gasteiger partial charge in [-0.15, -0.1) is 0 Å². The Kier molecular flexibility index (Phi) is 5.03. The Morgan fingerprint density at radius 2 is 1.90 bits per heavy atom. The predicted molar refractivity (Wildman–Crippen MR) is 91.1 cm³/mol. The molecule has 0 radical (unpaired) electrons. The molecule has 0 aliphatic heterocycles. The SMILES string of the molecule is Cc1c(NN)nc(C(C)C)nc1Nc1ccc(Cl)c(Br)c1. The van der Waals surface area contributed by atoms with Crippen molar-refractivity contribution in [2.45, 2.75) is 26.7 Å². The minimum atomic E-state index is 0.204. The highest BCUT2D eigenvalue weighted by atomic mass is 79.9. The molecule has 0 spiro atoms. The van der Waals surface area contributed by atoms with Crippen LogP contribution in [-0.2, 0) is 0 Å². The number of benzene rings is 1. The lowest BCUT2D eigenvalue weighted by Crippen LogP contribution is -2.14. The Labute approximate surface area is 137 Å². The van der Waals surface area contributed by atoms with Crippen LogP contribution in [0, 0.1) is 6.92 Å². The topological polar surface area (TPSA) is 75.9 Å². The van der Waals surface area contributed by atoms with Crippen molar-refractivity contribution in [2.75, 3.05) is 10.7 Å². The highest BCUT2D eigenvalue weighted by molar-refractivity contribution is 9.10. The summed E-state index contributed by atoms with van der Waals surface area (Å²) in [4.78, 5) is 8.97. The Balaban J connectivity index is 2.42. The van der Waals surface area contributed by atoms with E-state index in [1.54, 1.807) is 0 Å². The zero-order valence-corrected chi connectivity index (χ0v) is 14.4. The monoisotopic (exact) mass is 369 g/mol. The maximum absolute atomic E-state index is 6.00. The van der Waals surface area contributed by atoms with E-state index in [1.165, 1.54) is 0 Å². The summed E-state index contributed by atoms with van der Waals surface area (Å²) in [5.74, 6) is 7.80. The van der Waals surface area contributed by atoms with Gasteiger partial charge in [-0.3, -0.25) is 0 Å². The summed E-state index contributed by atoms with van der Waals surface area (Å²) in [6.07, 6.45) is 0. The molecule has 1 aromatic carbocycles. The van der Waals surface area contributed by atoms with Crippen LogP contribution in [0.5, 0.6) is 0 Å². The van der Waals surface area contributed by atoms with E-state index in [9.17, 15) is 0 Å². The van der Waals surface area contributed by atoms with Crippen LogP contribution in [0.2, 0.25) is 5.02 Å². The first kappa shape index (κ1) is 16.0. The largest absolute Gasteiger partial charge is 0.340 e. The normalized spacial score (nSPS) is 10.8. The third-order valence-electron chi connectivity index (χ3n) is 3.00. The van der Waals surface area contributed by atoms with E-state index < -0.39 is 0 Å². The van der Waals surface area contributed by atoms with Crippen molar-refractivity contribution in [3.63, 3.8) is 0 Å². The number of anilines is 3. The van der Waals surface area contributed by atoms with Crippen LogP contribution in [0.4, 0.5) is 17.3 Å². The lowest BCUT2D eigenvalue weighted by atomic mass is 10.2. The Morgan fingerprint density at radius 3 is 2.48 bits per heavy atom. The van der Waals surface area contributed by atoms with Crippen LogP contribution >= 0.6 is 27.5 Å². The van der Waals surface area contributed by atoms with Gasteiger partial charge in [-0.2, -0.15) is 0 Å². The van der Waals surface area contributed by atoms with Gasteiger partial charge in [0.15, 0.2) is 0 Å². The second-order valence-corrected chi connectivity index (χ2v) is 6.22. The molecular weight excluding hydrogens is 354 g/mol. The average molecular weight is 371 g/mol. The van der Waals surface area contributed by atoms with Crippen molar-refractivity contribution in [3.8, 4) is 0 Å². The minimum Gasteiger partial charge on any atom is -0.340 e. The number of hydrogen-bond acceptors (Lipinski definition) is 5. The fraction of sp³-hybridized carbons (Fsp3) is 0.286. The van der Waals surface area contributed by atoms with Gasteiger partial charge < -0.3 is 10.7 Å². The van der Waals surface area contributed by atoms with Gasteiger partial charge in [0.1, 0.15) is 17.5 Å². The maximum atomic E-state index is 6.00. The molecule has 0 fully saturated rings. The van der Waals surface area contributed by atoms with Crippen LogP contribution in [0.15, 0.2) is 22.7 Å². The van der Waals surface area contributed by atoms with Crippen molar-refractivity contribution >= 4 is 44.9 Å². The summed E-state index contributed by atoms with van der Waals surface area (Å²) in [6, 6.07) is 5.60. The van der Waals surface area contributed by atoms with Crippen LogP contribution in [0.3, 0.4) is 0 Å². The van der Waals surface area contributed by atoms with E-state index in [1.807, 2.05) is 39.0 Å². The number of nitrogens with zero attached hydrogens (tertiary/aromatic N) is 2. The summed E-state index contributed by atoms with van der Waals surface area (Å²) < 4.78 is 0.821. The van der Waals surface area contributed by atoms with Crippen molar-refractivity contribution in [1.82, 2.24) is 9.97 Å². The van der Waals surface area contributed by atoms with Gasteiger partial charge in [0.05, 0.1) is 5.02 Å². The lowest BCUT2D eigenvalue weighted by Gasteiger charge is -2.15. The van der Waals surface area contributed by atoms with Crippen molar-refractivity contribution in [2.24, 2.45) is 5.84 Å². The molecule has 0 aliphatic rings. The summed E-state index contributed by atoms with van der Waals surface area (Å²) in [5.41, 5.74) is 4.35. The fourth-order valence-electron chi connectivity index (χ4n) is 1.76. The highest BCUT2D eigenvalue weighted by Gasteiger charge is 2.13. The molecule has 0 amide bonds. The van der Waals surface area contributed by atoms with E-state index in [0.29, 0.717) is 10.8 Å². The summed E-state index contributed by atoms with van der Waals surface area (Å²) in [5, 5.41) is 3.93. The van der Waals surface area contributed by atoms with Gasteiger partial charge in [0.25, 0.3) is 0 Å². The van der Waals surface area contributed by atoms with Gasteiger partial charge >= 0.3 is 0 Å². The zero-order chi connectivity index (χ0) is 15.6. The molecule has 112 valence electrons. The smallest absolute Gasteiger partial charge is 0.148 e. The zero-order valence-electron chi connectivity index (χ0n) is 12.0. The van der Waals surface area contributed by atoms with E-state index in [4.69, 9.17) is 17.4 Å². The standard InChI is InChI=1S/C14H17BrClN5/c1-7(2)12-19-13(8(3)14(20-12)21-17)18-9-4-5-11(16)10(15)6-9/h4-7H,17H2,1-3H3,(H2,18,19,20,21). The molecule has 7 heteroatoms. The molecule has 1 aromatic heterocycles. The van der Waals surface area contributed by atoms with Crippen molar-refractivity contribution < 1.29 is 0 Å². The minimum absolute atomic E-state index is 0.204. The molecule has 4 N–H and O–H groups in total. The van der Waals surface area contributed by atoms with E-state index in [2.05, 4.69) is 36.6 Å². The maximum Gasteiger partial charge on any atom is 0.148 e. The molecule has 21 heavy (non-hydrogen) atoms. The first-order valence-electron chi connectivity index (χ1n) is 6.49. The number of hydrogen-bond donors (Lipinski definition) is 3. The number of halogens is 2. The van der Waals surface area contributed by atoms with Crippen LogP contribution in [0.1, 0.15) is 31.2 Å². The number of nitrogen functional groups attached to an aromatic ring is 1. The molecule has 2 rings (SSSR count).